The van der Waals surface area contributed by atoms with Crippen molar-refractivity contribution in [3.8, 4) is 22.5 Å². The van der Waals surface area contributed by atoms with E-state index in [-0.39, 0.29) is 13.2 Å². The molecule has 0 unspecified atom stereocenters. The summed E-state index contributed by atoms with van der Waals surface area (Å²) in [5.41, 5.74) is 14.6. The van der Waals surface area contributed by atoms with E-state index in [0.717, 1.165) is 20.9 Å². The Morgan fingerprint density at radius 1 is 0.722 bits per heavy atom. The number of rotatable bonds is 6. The maximum Gasteiger partial charge on any atom is 0.421 e. The fraction of sp³-hybridized carbons (Fsp3) is 0.167. The first-order valence-corrected chi connectivity index (χ1v) is 10.9. The quantitative estimate of drug-likeness (QED) is 0.298. The molecular weight excluding hydrogens is 464 g/mol. The first-order valence-electron chi connectivity index (χ1n) is 10.9. The molecule has 12 heteroatoms. The number of nitrogens with two attached hydrogens (primary N) is 2. The van der Waals surface area contributed by atoms with E-state index in [1.54, 1.807) is 38.1 Å². The Labute approximate surface area is 207 Å². The summed E-state index contributed by atoms with van der Waals surface area (Å²) in [4.78, 5) is 34.8. The lowest BCUT2D eigenvalue weighted by Crippen LogP contribution is -2.41. The smallest absolute Gasteiger partial charge is 0.421 e. The van der Waals surface area contributed by atoms with Gasteiger partial charge in [-0.3, -0.25) is 20.8 Å². The maximum atomic E-state index is 12.1. The lowest BCUT2D eigenvalue weighted by atomic mass is 10.1. The van der Waals surface area contributed by atoms with Gasteiger partial charge in [0, 0.05) is 11.1 Å². The number of amides is 2. The zero-order valence-electron chi connectivity index (χ0n) is 19.8. The third-order valence-electron chi connectivity index (χ3n) is 4.87. The van der Waals surface area contributed by atoms with Gasteiger partial charge < -0.3 is 20.9 Å². The normalized spacial score (nSPS) is 10.3. The van der Waals surface area contributed by atoms with Crippen molar-refractivity contribution in [3.63, 3.8) is 0 Å². The van der Waals surface area contributed by atoms with Crippen molar-refractivity contribution in [1.29, 1.82) is 10.8 Å². The number of carbonyl (C=O) groups is 2. The lowest BCUT2D eigenvalue weighted by molar-refractivity contribution is 0.162. The summed E-state index contributed by atoms with van der Waals surface area (Å²) in [6.45, 7) is 3.63. The van der Waals surface area contributed by atoms with E-state index in [2.05, 4.69) is 9.97 Å². The molecule has 2 heterocycles. The van der Waals surface area contributed by atoms with Crippen LogP contribution in [0.2, 0.25) is 0 Å². The number of anilines is 2. The Hall–Kier alpha value is -5.00. The molecule has 36 heavy (non-hydrogen) atoms. The molecule has 2 amide bonds. The summed E-state index contributed by atoms with van der Waals surface area (Å²) < 4.78 is 9.87. The molecule has 3 rings (SSSR count). The van der Waals surface area contributed by atoms with Gasteiger partial charge in [0.2, 0.25) is 11.9 Å². The van der Waals surface area contributed by atoms with Crippen molar-refractivity contribution in [2.75, 3.05) is 23.0 Å². The molecule has 0 fully saturated rings. The molecule has 12 nitrogen and oxygen atoms in total. The fourth-order valence-corrected chi connectivity index (χ4v) is 3.25. The molecule has 3 aromatic rings. The van der Waals surface area contributed by atoms with Crippen LogP contribution in [-0.2, 0) is 9.47 Å². The number of benzene rings is 1. The third-order valence-corrected chi connectivity index (χ3v) is 4.87. The topological polar surface area (TPSA) is 185 Å². The minimum Gasteiger partial charge on any atom is -0.449 e. The number of hydrogen-bond donors (Lipinski definition) is 4. The Kier molecular flexibility index (Phi) is 8.13. The van der Waals surface area contributed by atoms with Gasteiger partial charge in [0.15, 0.2) is 0 Å². The van der Waals surface area contributed by atoms with Crippen LogP contribution in [0.3, 0.4) is 0 Å². The molecule has 0 spiro atoms. The number of hydrogen-bond acceptors (Lipinski definition) is 8. The Bertz CT molecular complexity index is 1150. The summed E-state index contributed by atoms with van der Waals surface area (Å²) in [5.74, 6) is -0.945. The predicted molar refractivity (Wildman–Crippen MR) is 136 cm³/mol. The van der Waals surface area contributed by atoms with Crippen LogP contribution in [0.4, 0.5) is 21.0 Å². The van der Waals surface area contributed by atoms with E-state index in [9.17, 15) is 9.59 Å². The highest BCUT2D eigenvalue weighted by Crippen LogP contribution is 2.26. The van der Waals surface area contributed by atoms with E-state index >= 15 is 0 Å². The summed E-state index contributed by atoms with van der Waals surface area (Å²) in [7, 11) is 0. The SMILES string of the molecule is CCOC(=O)N(C(=N)N)c1ccc(-c2ccc(-c3ccc(N(C(=N)N)C(=O)OCC)cn3)cc2)nc1. The summed E-state index contributed by atoms with van der Waals surface area (Å²) in [6, 6.07) is 14.1. The fourth-order valence-electron chi connectivity index (χ4n) is 3.25. The van der Waals surface area contributed by atoms with Crippen molar-refractivity contribution in [2.24, 2.45) is 11.5 Å². The van der Waals surface area contributed by atoms with Crippen LogP contribution in [0.1, 0.15) is 13.8 Å². The Morgan fingerprint density at radius 3 is 1.33 bits per heavy atom. The minimum atomic E-state index is -0.754. The molecule has 186 valence electrons. The number of nitrogens with one attached hydrogen (secondary N) is 2. The zero-order valence-corrected chi connectivity index (χ0v) is 19.8. The molecule has 0 aliphatic heterocycles. The average Bonchev–Trinajstić information content (AvgIpc) is 2.85. The summed E-state index contributed by atoms with van der Waals surface area (Å²) in [6.07, 6.45) is 1.37. The van der Waals surface area contributed by atoms with Gasteiger partial charge in [0.1, 0.15) is 0 Å². The predicted octanol–water partition coefficient (Wildman–Crippen LogP) is 3.52. The Morgan fingerprint density at radius 2 is 1.08 bits per heavy atom. The van der Waals surface area contributed by atoms with Gasteiger partial charge >= 0.3 is 12.2 Å². The minimum absolute atomic E-state index is 0.151. The standard InChI is InChI=1S/C24H26N8O4/c1-3-35-23(33)31(21(25)26)17-9-11-19(29-13-17)15-5-7-16(8-6-15)20-12-10-18(14-30-20)32(22(27)28)24(34)36-4-2/h5-14H,3-4H2,1-2H3,(H3,25,26)(H3,27,28). The van der Waals surface area contributed by atoms with E-state index in [1.807, 2.05) is 24.3 Å². The average molecular weight is 491 g/mol. The summed E-state index contributed by atoms with van der Waals surface area (Å²) in [5, 5.41) is 15.3. The molecule has 0 aliphatic rings. The van der Waals surface area contributed by atoms with Crippen LogP contribution in [0.25, 0.3) is 22.5 Å². The van der Waals surface area contributed by atoms with Crippen molar-refractivity contribution in [1.82, 2.24) is 9.97 Å². The first kappa shape index (κ1) is 25.6. The zero-order chi connectivity index (χ0) is 26.2. The van der Waals surface area contributed by atoms with E-state index < -0.39 is 24.1 Å². The van der Waals surface area contributed by atoms with Crippen LogP contribution >= 0.6 is 0 Å². The Balaban J connectivity index is 1.78. The van der Waals surface area contributed by atoms with E-state index in [4.69, 9.17) is 31.8 Å². The molecule has 0 saturated heterocycles. The molecule has 0 saturated carbocycles. The van der Waals surface area contributed by atoms with Gasteiger partial charge in [0.25, 0.3) is 0 Å². The second-order valence-corrected chi connectivity index (χ2v) is 7.22. The van der Waals surface area contributed by atoms with Crippen molar-refractivity contribution >= 4 is 35.5 Å². The molecule has 0 atom stereocenters. The van der Waals surface area contributed by atoms with Gasteiger partial charge in [0.05, 0.1) is 48.4 Å². The maximum absolute atomic E-state index is 12.1. The third kappa shape index (κ3) is 5.73. The van der Waals surface area contributed by atoms with Crippen molar-refractivity contribution < 1.29 is 19.1 Å². The molecule has 0 bridgehead atoms. The number of nitrogens with zero attached hydrogens (tertiary/aromatic N) is 4. The molecule has 1 aromatic carbocycles. The van der Waals surface area contributed by atoms with Crippen LogP contribution in [0, 0.1) is 10.8 Å². The van der Waals surface area contributed by atoms with Crippen LogP contribution < -0.4 is 21.3 Å². The second-order valence-electron chi connectivity index (χ2n) is 7.22. The van der Waals surface area contributed by atoms with Gasteiger partial charge in [-0.2, -0.15) is 0 Å². The van der Waals surface area contributed by atoms with E-state index in [1.165, 1.54) is 12.4 Å². The number of aromatic nitrogens is 2. The van der Waals surface area contributed by atoms with Gasteiger partial charge in [-0.05, 0) is 38.1 Å². The number of guanidine groups is 2. The highest BCUT2D eigenvalue weighted by Gasteiger charge is 2.21. The van der Waals surface area contributed by atoms with Gasteiger partial charge in [-0.15, -0.1) is 0 Å². The van der Waals surface area contributed by atoms with Crippen molar-refractivity contribution in [3.05, 3.63) is 60.9 Å². The molecule has 0 aliphatic carbocycles. The molecular formula is C24H26N8O4. The highest BCUT2D eigenvalue weighted by atomic mass is 16.6. The number of pyridine rings is 2. The monoisotopic (exact) mass is 490 g/mol. The van der Waals surface area contributed by atoms with Gasteiger partial charge in [-0.25, -0.2) is 19.4 Å². The first-order chi connectivity index (χ1) is 17.3. The highest BCUT2D eigenvalue weighted by molar-refractivity contribution is 6.12. The molecule has 2 aromatic heterocycles. The van der Waals surface area contributed by atoms with Crippen LogP contribution in [-0.4, -0.2) is 47.3 Å². The van der Waals surface area contributed by atoms with Crippen LogP contribution in [0.5, 0.6) is 0 Å². The largest absolute Gasteiger partial charge is 0.449 e. The second kappa shape index (κ2) is 11.4. The number of carbonyl (C=O) groups excluding carboxylic acids is 2. The van der Waals surface area contributed by atoms with Gasteiger partial charge in [-0.1, -0.05) is 24.3 Å². The van der Waals surface area contributed by atoms with E-state index in [0.29, 0.717) is 22.8 Å². The lowest BCUT2D eigenvalue weighted by Gasteiger charge is -2.19. The van der Waals surface area contributed by atoms with Crippen molar-refractivity contribution in [2.45, 2.75) is 13.8 Å². The summed E-state index contributed by atoms with van der Waals surface area (Å²) >= 11 is 0. The van der Waals surface area contributed by atoms with Crippen LogP contribution in [0.15, 0.2) is 60.9 Å². The number of ether oxygens (including phenoxy) is 2. The molecule has 6 N–H and O–H groups in total. The molecule has 0 radical (unpaired) electrons.